The average Bonchev–Trinajstić information content (AvgIpc) is 2.73. The lowest BCUT2D eigenvalue weighted by Crippen LogP contribution is -2.42. The van der Waals surface area contributed by atoms with E-state index in [1.807, 2.05) is 37.3 Å². The summed E-state index contributed by atoms with van der Waals surface area (Å²) in [5.74, 6) is -0.141. The number of carbonyl (C=O) groups is 1. The number of rotatable bonds is 7. The number of esters is 1. The largest absolute Gasteiger partial charge is 0.465 e. The van der Waals surface area contributed by atoms with Gasteiger partial charge in [0.15, 0.2) is 0 Å². The fraction of sp³-hybridized carbons (Fsp3) is 0.375. The van der Waals surface area contributed by atoms with Crippen molar-refractivity contribution in [3.8, 4) is 0 Å². The maximum Gasteiger partial charge on any atom is 0.320 e. The molecule has 0 N–H and O–H groups in total. The van der Waals surface area contributed by atoms with Crippen LogP contribution in [0.5, 0.6) is 0 Å². The van der Waals surface area contributed by atoms with Gasteiger partial charge in [-0.15, -0.1) is 0 Å². The van der Waals surface area contributed by atoms with Crippen LogP contribution in [0.3, 0.4) is 0 Å². The molecule has 142 valence electrons. The van der Waals surface area contributed by atoms with E-state index in [9.17, 15) is 4.79 Å². The molecule has 0 saturated carbocycles. The Hall–Kier alpha value is -2.39. The summed E-state index contributed by atoms with van der Waals surface area (Å²) in [5, 5.41) is 0. The monoisotopic (exact) mass is 363 g/mol. The van der Waals surface area contributed by atoms with Gasteiger partial charge < -0.3 is 4.74 Å². The van der Waals surface area contributed by atoms with Gasteiger partial charge in [-0.25, -0.2) is 0 Å². The zero-order valence-corrected chi connectivity index (χ0v) is 16.3. The van der Waals surface area contributed by atoms with E-state index in [2.05, 4.69) is 54.4 Å². The van der Waals surface area contributed by atoms with Gasteiger partial charge in [0, 0.05) is 12.6 Å². The summed E-state index contributed by atoms with van der Waals surface area (Å²) in [6, 6.07) is 20.9. The molecular formula is C24H29NO2. The van der Waals surface area contributed by atoms with E-state index >= 15 is 0 Å². The molecule has 27 heavy (non-hydrogen) atoms. The van der Waals surface area contributed by atoms with Crippen molar-refractivity contribution in [3.63, 3.8) is 0 Å². The van der Waals surface area contributed by atoms with Crippen LogP contribution in [0, 0.1) is 0 Å². The molecule has 1 aliphatic rings. The zero-order chi connectivity index (χ0) is 19.1. The smallest absolute Gasteiger partial charge is 0.320 e. The van der Waals surface area contributed by atoms with Crippen LogP contribution in [0.1, 0.15) is 30.9 Å². The van der Waals surface area contributed by atoms with Gasteiger partial charge in [0.2, 0.25) is 0 Å². The molecule has 0 aliphatic heterocycles. The Morgan fingerprint density at radius 1 is 1.11 bits per heavy atom. The summed E-state index contributed by atoms with van der Waals surface area (Å²) >= 11 is 0. The van der Waals surface area contributed by atoms with Crippen LogP contribution < -0.4 is 0 Å². The van der Waals surface area contributed by atoms with Crippen LogP contribution >= 0.6 is 0 Å². The maximum atomic E-state index is 12.8. The van der Waals surface area contributed by atoms with Crippen molar-refractivity contribution >= 4 is 5.97 Å². The molecular weight excluding hydrogens is 334 g/mol. The summed E-state index contributed by atoms with van der Waals surface area (Å²) in [7, 11) is 2.16. The number of benzene rings is 2. The molecule has 3 rings (SSSR count). The minimum Gasteiger partial charge on any atom is -0.465 e. The Bertz CT molecular complexity index is 756. The van der Waals surface area contributed by atoms with Gasteiger partial charge in [0.05, 0.1) is 6.61 Å². The molecule has 1 aliphatic carbocycles. The molecule has 2 unspecified atom stereocenters. The van der Waals surface area contributed by atoms with Gasteiger partial charge in [0.25, 0.3) is 0 Å². The molecule has 0 bridgehead atoms. The molecule has 2 atom stereocenters. The minimum atomic E-state index is -0.659. The van der Waals surface area contributed by atoms with Crippen molar-refractivity contribution in [2.24, 2.45) is 0 Å². The second-order valence-corrected chi connectivity index (χ2v) is 7.24. The predicted molar refractivity (Wildman–Crippen MR) is 110 cm³/mol. The third-order valence-electron chi connectivity index (χ3n) is 5.53. The highest BCUT2D eigenvalue weighted by Gasteiger charge is 2.41. The van der Waals surface area contributed by atoms with Gasteiger partial charge in [-0.1, -0.05) is 72.8 Å². The molecule has 3 heteroatoms. The van der Waals surface area contributed by atoms with Crippen molar-refractivity contribution in [2.75, 3.05) is 20.2 Å². The molecule has 0 aromatic heterocycles. The van der Waals surface area contributed by atoms with Gasteiger partial charge in [0.1, 0.15) is 5.41 Å². The standard InChI is InChI=1S/C24H29NO2/c1-3-27-23(26)24(21-12-8-5-9-13-21)17-14-22(15-18-24)25(2)19-16-20-10-6-4-7-11-20/h4-14,17,22H,3,15-16,18-19H2,1-2H3. The van der Waals surface area contributed by atoms with Crippen LogP contribution in [0.15, 0.2) is 72.8 Å². The fourth-order valence-corrected chi connectivity index (χ4v) is 3.84. The molecule has 2 aromatic carbocycles. The Kier molecular flexibility index (Phi) is 6.46. The number of likely N-dealkylation sites (N-methyl/N-ethyl adjacent to an activating group) is 1. The molecule has 0 spiro atoms. The third-order valence-corrected chi connectivity index (χ3v) is 5.53. The van der Waals surface area contributed by atoms with Crippen molar-refractivity contribution in [3.05, 3.63) is 83.9 Å². The highest BCUT2D eigenvalue weighted by Crippen LogP contribution is 2.37. The molecule has 0 radical (unpaired) electrons. The normalized spacial score (nSPS) is 22.0. The number of hydrogen-bond donors (Lipinski definition) is 0. The summed E-state index contributed by atoms with van der Waals surface area (Å²) in [5.41, 5.74) is 1.72. The first-order valence-corrected chi connectivity index (χ1v) is 9.82. The summed E-state index contributed by atoms with van der Waals surface area (Å²) in [6.07, 6.45) is 7.01. The summed E-state index contributed by atoms with van der Waals surface area (Å²) < 4.78 is 5.44. The zero-order valence-electron chi connectivity index (χ0n) is 16.3. The first kappa shape index (κ1) is 19.4. The van der Waals surface area contributed by atoms with Crippen LogP contribution in [0.4, 0.5) is 0 Å². The maximum absolute atomic E-state index is 12.8. The highest BCUT2D eigenvalue weighted by atomic mass is 16.5. The number of hydrogen-bond acceptors (Lipinski definition) is 3. The number of nitrogens with zero attached hydrogens (tertiary/aromatic N) is 1. The van der Waals surface area contributed by atoms with Crippen molar-refractivity contribution < 1.29 is 9.53 Å². The Morgan fingerprint density at radius 2 is 1.78 bits per heavy atom. The summed E-state index contributed by atoms with van der Waals surface area (Å²) in [4.78, 5) is 15.2. The molecule has 0 saturated heterocycles. The summed E-state index contributed by atoms with van der Waals surface area (Å²) in [6.45, 7) is 3.27. The van der Waals surface area contributed by atoms with E-state index in [-0.39, 0.29) is 5.97 Å². The Labute approximate surface area is 162 Å². The lowest BCUT2D eigenvalue weighted by molar-refractivity contribution is -0.148. The van der Waals surface area contributed by atoms with E-state index in [1.54, 1.807) is 0 Å². The van der Waals surface area contributed by atoms with Crippen LogP contribution in [-0.4, -0.2) is 37.1 Å². The molecule has 3 nitrogen and oxygen atoms in total. The fourth-order valence-electron chi connectivity index (χ4n) is 3.84. The van der Waals surface area contributed by atoms with Crippen LogP contribution in [0.2, 0.25) is 0 Å². The molecule has 0 amide bonds. The topological polar surface area (TPSA) is 29.5 Å². The minimum absolute atomic E-state index is 0.141. The predicted octanol–water partition coefficient (Wildman–Crippen LogP) is 4.38. The Morgan fingerprint density at radius 3 is 2.37 bits per heavy atom. The first-order chi connectivity index (χ1) is 13.2. The van der Waals surface area contributed by atoms with Crippen molar-refractivity contribution in [2.45, 2.75) is 37.6 Å². The van der Waals surface area contributed by atoms with Crippen molar-refractivity contribution in [1.82, 2.24) is 4.90 Å². The van der Waals surface area contributed by atoms with Crippen molar-refractivity contribution in [1.29, 1.82) is 0 Å². The third kappa shape index (κ3) is 4.48. The SMILES string of the molecule is CCOC(=O)C1(c2ccccc2)C=CC(N(C)CCc2ccccc2)CC1. The van der Waals surface area contributed by atoms with Gasteiger partial charge in [-0.3, -0.25) is 9.69 Å². The molecule has 0 heterocycles. The van der Waals surface area contributed by atoms with E-state index in [0.29, 0.717) is 12.6 Å². The quantitative estimate of drug-likeness (QED) is 0.540. The first-order valence-electron chi connectivity index (χ1n) is 9.82. The van der Waals surface area contributed by atoms with E-state index in [0.717, 1.165) is 31.4 Å². The Balaban J connectivity index is 1.72. The highest BCUT2D eigenvalue weighted by molar-refractivity contribution is 5.86. The van der Waals surface area contributed by atoms with Gasteiger partial charge >= 0.3 is 5.97 Å². The van der Waals surface area contributed by atoms with E-state index in [4.69, 9.17) is 4.74 Å². The van der Waals surface area contributed by atoms with Crippen LogP contribution in [0.25, 0.3) is 0 Å². The lowest BCUT2D eigenvalue weighted by Gasteiger charge is -2.37. The number of carbonyl (C=O) groups excluding carboxylic acids is 1. The van der Waals surface area contributed by atoms with Gasteiger partial charge in [-0.05, 0) is 44.4 Å². The average molecular weight is 364 g/mol. The lowest BCUT2D eigenvalue weighted by atomic mass is 9.72. The van der Waals surface area contributed by atoms with Gasteiger partial charge in [-0.2, -0.15) is 0 Å². The molecule has 0 fully saturated rings. The second-order valence-electron chi connectivity index (χ2n) is 7.24. The van der Waals surface area contributed by atoms with Crippen LogP contribution in [-0.2, 0) is 21.4 Å². The van der Waals surface area contributed by atoms with E-state index < -0.39 is 5.41 Å². The molecule has 2 aromatic rings. The van der Waals surface area contributed by atoms with E-state index in [1.165, 1.54) is 5.56 Å². The number of ether oxygens (including phenoxy) is 1. The second kappa shape index (κ2) is 9.01.